The van der Waals surface area contributed by atoms with Gasteiger partial charge in [-0.1, -0.05) is 54.6 Å². The third-order valence-electron chi connectivity index (χ3n) is 10.2. The SMILES string of the molecule is Cc1ccc(C2O[C@@H]3C[C@H]4[C@@H]5C[C@H](F)C6=CC(=O)C=C[C@]6(C)[C@@]5(F)[C@@H](O)C[C@]4(C)[C@]3(C(=O)SCF)O2)cc1. The first kappa shape index (κ1) is 26.3. The zero-order valence-corrected chi connectivity index (χ0v) is 22.3. The van der Waals surface area contributed by atoms with Crippen molar-refractivity contribution in [3.8, 4) is 0 Å². The predicted molar refractivity (Wildman–Crippen MR) is 135 cm³/mol. The molecule has 1 aliphatic heterocycles. The van der Waals surface area contributed by atoms with Crippen LogP contribution in [-0.4, -0.2) is 51.7 Å². The highest BCUT2D eigenvalue weighted by atomic mass is 32.2. The lowest BCUT2D eigenvalue weighted by Crippen LogP contribution is -2.70. The van der Waals surface area contributed by atoms with Gasteiger partial charge in [0, 0.05) is 22.3 Å². The average molecular weight is 549 g/mol. The Morgan fingerprint density at radius 1 is 1.18 bits per heavy atom. The number of benzene rings is 1. The lowest BCUT2D eigenvalue weighted by Gasteiger charge is -2.63. The van der Waals surface area contributed by atoms with Gasteiger partial charge in [0.15, 0.2) is 23.3 Å². The number of carbonyl (C=O) groups is 2. The van der Waals surface area contributed by atoms with Gasteiger partial charge in [-0.15, -0.1) is 0 Å². The molecule has 10 atom stereocenters. The molecule has 5 aliphatic rings. The van der Waals surface area contributed by atoms with E-state index in [0.29, 0.717) is 17.3 Å². The Morgan fingerprint density at radius 2 is 1.89 bits per heavy atom. The number of aliphatic hydroxyl groups is 1. The van der Waals surface area contributed by atoms with Crippen molar-refractivity contribution in [2.75, 3.05) is 6.01 Å². The Hall–Kier alpha value is -1.94. The van der Waals surface area contributed by atoms with Crippen LogP contribution in [0.25, 0.3) is 0 Å². The first-order valence-corrected chi connectivity index (χ1v) is 14.0. The number of rotatable bonds is 3. The fraction of sp³-hybridized carbons (Fsp3) is 0.586. The van der Waals surface area contributed by atoms with Crippen LogP contribution >= 0.6 is 11.8 Å². The Kier molecular flexibility index (Phi) is 5.90. The van der Waals surface area contributed by atoms with Gasteiger partial charge in [-0.3, -0.25) is 9.59 Å². The highest BCUT2D eigenvalue weighted by Crippen LogP contribution is 2.73. The second-order valence-corrected chi connectivity index (χ2v) is 12.7. The van der Waals surface area contributed by atoms with Gasteiger partial charge in [-0.2, -0.15) is 0 Å². The number of hydrogen-bond acceptors (Lipinski definition) is 6. The van der Waals surface area contributed by atoms with Crippen LogP contribution in [0.2, 0.25) is 0 Å². The van der Waals surface area contributed by atoms with E-state index in [1.807, 2.05) is 31.2 Å². The molecule has 1 saturated heterocycles. The smallest absolute Gasteiger partial charge is 0.226 e. The number of allylic oxidation sites excluding steroid dienone is 4. The Balaban J connectivity index is 1.44. The van der Waals surface area contributed by atoms with Crippen LogP contribution in [-0.2, 0) is 19.1 Å². The second kappa shape index (κ2) is 8.53. The van der Waals surface area contributed by atoms with Gasteiger partial charge in [-0.25, -0.2) is 13.2 Å². The van der Waals surface area contributed by atoms with Gasteiger partial charge < -0.3 is 14.6 Å². The molecule has 9 heteroatoms. The molecule has 5 nitrogen and oxygen atoms in total. The predicted octanol–water partition coefficient (Wildman–Crippen LogP) is 5.26. The van der Waals surface area contributed by atoms with Crippen LogP contribution in [0.3, 0.4) is 0 Å². The van der Waals surface area contributed by atoms with Crippen LogP contribution in [0, 0.1) is 29.6 Å². The van der Waals surface area contributed by atoms with Crippen molar-refractivity contribution in [1.82, 2.24) is 0 Å². The maximum absolute atomic E-state index is 17.4. The molecule has 1 N–H and O–H groups in total. The number of halogens is 3. The Bertz CT molecular complexity index is 1250. The molecule has 0 aromatic heterocycles. The summed E-state index contributed by atoms with van der Waals surface area (Å²) in [5, 5.41) is 11.0. The monoisotopic (exact) mass is 548 g/mol. The van der Waals surface area contributed by atoms with Gasteiger partial charge in [0.05, 0.1) is 12.2 Å². The summed E-state index contributed by atoms with van der Waals surface area (Å²) >= 11 is 0.480. The third kappa shape index (κ3) is 3.13. The maximum Gasteiger partial charge on any atom is 0.226 e. The van der Waals surface area contributed by atoms with E-state index in [-0.39, 0.29) is 24.8 Å². The standard InChI is InChI=1S/C29H31F3O5S/c1-15-4-6-16(7-5-15)24-36-23-12-18-19-11-21(31)20-10-17(33)8-9-26(20,2)28(19,32)22(34)13-27(18,3)29(23,37-24)25(35)38-14-30/h4-10,18-19,21-24,34H,11-14H2,1-3H3/t18-,19-,21-,22-,23+,24?,26-,27-,28-,29-/m0/s1. The molecule has 0 radical (unpaired) electrons. The lowest BCUT2D eigenvalue weighted by molar-refractivity contribution is -0.232. The molecule has 0 amide bonds. The molecule has 6 rings (SSSR count). The highest BCUT2D eigenvalue weighted by Gasteiger charge is 2.80. The first-order valence-electron chi connectivity index (χ1n) is 13.0. The minimum Gasteiger partial charge on any atom is -0.390 e. The molecular formula is C29H31F3O5S. The average Bonchev–Trinajstić information content (AvgIpc) is 3.37. The highest BCUT2D eigenvalue weighted by molar-refractivity contribution is 8.13. The van der Waals surface area contributed by atoms with E-state index in [2.05, 4.69) is 0 Å². The molecule has 1 unspecified atom stereocenters. The fourth-order valence-electron chi connectivity index (χ4n) is 8.33. The number of aryl methyl sites for hydroxylation is 1. The largest absolute Gasteiger partial charge is 0.390 e. The Morgan fingerprint density at radius 3 is 2.58 bits per heavy atom. The van der Waals surface area contributed by atoms with Crippen molar-refractivity contribution >= 4 is 22.7 Å². The summed E-state index contributed by atoms with van der Waals surface area (Å²) in [6.45, 7) is 5.23. The van der Waals surface area contributed by atoms with Crippen molar-refractivity contribution in [2.45, 2.75) is 76.0 Å². The number of hydrogen-bond donors (Lipinski definition) is 1. The first-order chi connectivity index (χ1) is 17.9. The number of carbonyl (C=O) groups excluding carboxylic acids is 2. The van der Waals surface area contributed by atoms with Crippen molar-refractivity contribution in [3.63, 3.8) is 0 Å². The third-order valence-corrected chi connectivity index (χ3v) is 10.9. The molecule has 1 aromatic rings. The number of alkyl halides is 3. The van der Waals surface area contributed by atoms with Crippen molar-refractivity contribution in [1.29, 1.82) is 0 Å². The summed E-state index contributed by atoms with van der Waals surface area (Å²) in [5.74, 6) is -1.99. The summed E-state index contributed by atoms with van der Waals surface area (Å²) in [7, 11) is 0. The van der Waals surface area contributed by atoms with E-state index in [1.54, 1.807) is 6.92 Å². The zero-order chi connectivity index (χ0) is 27.3. The zero-order valence-electron chi connectivity index (χ0n) is 21.5. The van der Waals surface area contributed by atoms with E-state index in [4.69, 9.17) is 9.47 Å². The molecule has 3 saturated carbocycles. The van der Waals surface area contributed by atoms with Gasteiger partial charge in [-0.05, 0) is 56.8 Å². The van der Waals surface area contributed by atoms with Gasteiger partial charge in [0.1, 0.15) is 12.2 Å². The normalized spacial score (nSPS) is 47.1. The summed E-state index contributed by atoms with van der Waals surface area (Å²) in [6.07, 6.45) is -1.35. The number of ether oxygens (including phenoxy) is 2. The van der Waals surface area contributed by atoms with Gasteiger partial charge >= 0.3 is 0 Å². The molecule has 1 aromatic carbocycles. The quantitative estimate of drug-likeness (QED) is 0.556. The topological polar surface area (TPSA) is 72.8 Å². The molecule has 0 spiro atoms. The number of fused-ring (bicyclic) bond motifs is 7. The van der Waals surface area contributed by atoms with E-state index >= 15 is 8.78 Å². The van der Waals surface area contributed by atoms with Gasteiger partial charge in [0.2, 0.25) is 5.12 Å². The van der Waals surface area contributed by atoms with Crippen LogP contribution in [0.4, 0.5) is 13.2 Å². The molecule has 204 valence electrons. The summed E-state index contributed by atoms with van der Waals surface area (Å²) < 4.78 is 59.4. The lowest BCUT2D eigenvalue weighted by atomic mass is 9.44. The Labute approximate surface area is 223 Å². The van der Waals surface area contributed by atoms with Crippen LogP contribution in [0.1, 0.15) is 50.5 Å². The number of aliphatic hydroxyl groups excluding tert-OH is 1. The van der Waals surface area contributed by atoms with Crippen LogP contribution in [0.15, 0.2) is 48.1 Å². The van der Waals surface area contributed by atoms with E-state index in [9.17, 15) is 19.1 Å². The molecular weight excluding hydrogens is 517 g/mol. The molecule has 38 heavy (non-hydrogen) atoms. The number of ketones is 1. The second-order valence-electron chi connectivity index (χ2n) is 11.9. The molecule has 4 aliphatic carbocycles. The van der Waals surface area contributed by atoms with E-state index in [1.165, 1.54) is 19.1 Å². The number of thioether (sulfide) groups is 1. The maximum atomic E-state index is 17.4. The van der Waals surface area contributed by atoms with Crippen molar-refractivity contribution in [2.24, 2.45) is 22.7 Å². The minimum absolute atomic E-state index is 0.0373. The molecule has 1 heterocycles. The van der Waals surface area contributed by atoms with Gasteiger partial charge in [0.25, 0.3) is 0 Å². The van der Waals surface area contributed by atoms with Crippen LogP contribution < -0.4 is 0 Å². The summed E-state index contributed by atoms with van der Waals surface area (Å²) in [4.78, 5) is 25.7. The summed E-state index contributed by atoms with van der Waals surface area (Å²) in [6, 6.07) is 6.49. The summed E-state index contributed by atoms with van der Waals surface area (Å²) in [5.41, 5.74) is -4.84. The van der Waals surface area contributed by atoms with E-state index < -0.39 is 75.5 Å². The van der Waals surface area contributed by atoms with Crippen LogP contribution in [0.5, 0.6) is 0 Å². The molecule has 0 bridgehead atoms. The van der Waals surface area contributed by atoms with E-state index in [0.717, 1.165) is 11.6 Å². The minimum atomic E-state index is -2.28. The fourth-order valence-corrected chi connectivity index (χ4v) is 9.05. The van der Waals surface area contributed by atoms with Crippen molar-refractivity contribution in [3.05, 3.63) is 59.2 Å². The van der Waals surface area contributed by atoms with Crippen molar-refractivity contribution < 1.29 is 37.3 Å². The molecule has 4 fully saturated rings.